The summed E-state index contributed by atoms with van der Waals surface area (Å²) in [5, 5.41) is 0. The molecule has 1 heteroatoms. The molecule has 0 aromatic heterocycles. The topological polar surface area (TPSA) is 3.24 Å². The van der Waals surface area contributed by atoms with Crippen molar-refractivity contribution < 1.29 is 0 Å². The lowest BCUT2D eigenvalue weighted by atomic mass is 9.99. The van der Waals surface area contributed by atoms with Crippen LogP contribution in [0, 0.1) is 5.92 Å². The maximum absolute atomic E-state index is 3.71. The third-order valence-corrected chi connectivity index (χ3v) is 2.97. The molecule has 0 rings (SSSR count). The minimum absolute atomic E-state index is 0.573. The first kappa shape index (κ1) is 15.2. The molecule has 0 aliphatic rings. The number of hydrogen-bond donors (Lipinski definition) is 0. The first-order chi connectivity index (χ1) is 7.56. The van der Waals surface area contributed by atoms with Crippen molar-refractivity contribution >= 4 is 0 Å². The Kier molecular flexibility index (Phi) is 7.92. The fraction of sp³-hybridized carbons (Fsp3) is 0.600. The van der Waals surface area contributed by atoms with Crippen molar-refractivity contribution in [1.82, 2.24) is 4.90 Å². The Morgan fingerprint density at radius 2 is 1.94 bits per heavy atom. The van der Waals surface area contributed by atoms with Gasteiger partial charge in [-0.15, -0.1) is 0 Å². The molecule has 0 fully saturated rings. The molecule has 16 heavy (non-hydrogen) atoms. The van der Waals surface area contributed by atoms with E-state index in [0.717, 1.165) is 13.1 Å². The van der Waals surface area contributed by atoms with E-state index in [1.165, 1.54) is 5.57 Å². The molecule has 0 aliphatic carbocycles. The van der Waals surface area contributed by atoms with Gasteiger partial charge in [0, 0.05) is 12.6 Å². The highest BCUT2D eigenvalue weighted by atomic mass is 15.1. The van der Waals surface area contributed by atoms with Gasteiger partial charge in [-0.05, 0) is 38.8 Å². The summed E-state index contributed by atoms with van der Waals surface area (Å²) in [6, 6.07) is 0.619. The van der Waals surface area contributed by atoms with Crippen LogP contribution in [0.25, 0.3) is 0 Å². The Bertz CT molecular complexity index is 248. The molecule has 0 aliphatic heterocycles. The number of rotatable bonds is 7. The monoisotopic (exact) mass is 221 g/mol. The molecule has 0 saturated carbocycles. The van der Waals surface area contributed by atoms with Gasteiger partial charge in [-0.3, -0.25) is 0 Å². The van der Waals surface area contributed by atoms with Crippen LogP contribution in [0.1, 0.15) is 34.6 Å². The van der Waals surface area contributed by atoms with E-state index in [1.807, 2.05) is 12.2 Å². The van der Waals surface area contributed by atoms with Crippen molar-refractivity contribution in [3.05, 3.63) is 36.5 Å². The van der Waals surface area contributed by atoms with Gasteiger partial charge in [-0.25, -0.2) is 0 Å². The Labute approximate surface area is 102 Å². The van der Waals surface area contributed by atoms with E-state index in [1.54, 1.807) is 0 Å². The normalized spacial score (nSPS) is 15.1. The summed E-state index contributed by atoms with van der Waals surface area (Å²) >= 11 is 0. The minimum Gasteiger partial charge on any atom is -0.301 e. The maximum atomic E-state index is 3.71. The zero-order chi connectivity index (χ0) is 12.6. The quantitative estimate of drug-likeness (QED) is 0.586. The van der Waals surface area contributed by atoms with Gasteiger partial charge < -0.3 is 4.90 Å². The van der Waals surface area contributed by atoms with Crippen LogP contribution in [-0.4, -0.2) is 24.0 Å². The molecule has 92 valence electrons. The highest BCUT2D eigenvalue weighted by Crippen LogP contribution is 2.15. The van der Waals surface area contributed by atoms with Gasteiger partial charge in [0.1, 0.15) is 0 Å². The van der Waals surface area contributed by atoms with Crippen LogP contribution in [-0.2, 0) is 0 Å². The second kappa shape index (κ2) is 8.35. The van der Waals surface area contributed by atoms with Crippen molar-refractivity contribution in [2.45, 2.75) is 40.7 Å². The van der Waals surface area contributed by atoms with E-state index in [0.29, 0.717) is 12.0 Å². The Balaban J connectivity index is 4.47. The Morgan fingerprint density at radius 3 is 2.31 bits per heavy atom. The summed E-state index contributed by atoms with van der Waals surface area (Å²) in [6.45, 7) is 17.1. The molecule has 1 nitrogen and oxygen atoms in total. The van der Waals surface area contributed by atoms with Crippen LogP contribution < -0.4 is 0 Å². The van der Waals surface area contributed by atoms with Gasteiger partial charge in [-0.2, -0.15) is 0 Å². The maximum Gasteiger partial charge on any atom is 0.00501 e. The van der Waals surface area contributed by atoms with Gasteiger partial charge in [0.25, 0.3) is 0 Å². The van der Waals surface area contributed by atoms with Crippen molar-refractivity contribution in [3.63, 3.8) is 0 Å². The van der Waals surface area contributed by atoms with Gasteiger partial charge in [0.05, 0.1) is 0 Å². The molecule has 0 bridgehead atoms. The van der Waals surface area contributed by atoms with E-state index >= 15 is 0 Å². The highest BCUT2D eigenvalue weighted by Gasteiger charge is 2.13. The molecule has 1 atom stereocenters. The van der Waals surface area contributed by atoms with Crippen molar-refractivity contribution in [2.24, 2.45) is 5.92 Å². The van der Waals surface area contributed by atoms with Crippen LogP contribution in [0.5, 0.6) is 0 Å². The molecule has 0 radical (unpaired) electrons. The first-order valence-corrected chi connectivity index (χ1v) is 6.26. The first-order valence-electron chi connectivity index (χ1n) is 6.26. The van der Waals surface area contributed by atoms with E-state index in [-0.39, 0.29) is 0 Å². The second-order valence-corrected chi connectivity index (χ2v) is 4.47. The van der Waals surface area contributed by atoms with Crippen molar-refractivity contribution in [1.29, 1.82) is 0 Å². The summed E-state index contributed by atoms with van der Waals surface area (Å²) in [5.74, 6) is 0.573. The lowest BCUT2D eigenvalue weighted by Gasteiger charge is -2.28. The smallest absolute Gasteiger partial charge is 0.00501 e. The summed E-state index contributed by atoms with van der Waals surface area (Å²) in [7, 11) is 0. The number of nitrogens with zero attached hydrogens (tertiary/aromatic N) is 1. The number of allylic oxidation sites excluding steroid dienone is 4. The molecule has 0 saturated heterocycles. The molecule has 0 N–H and O–H groups in total. The zero-order valence-electron chi connectivity index (χ0n) is 11.5. The van der Waals surface area contributed by atoms with Crippen molar-refractivity contribution in [3.8, 4) is 0 Å². The van der Waals surface area contributed by atoms with Gasteiger partial charge in [0.15, 0.2) is 0 Å². The van der Waals surface area contributed by atoms with Crippen LogP contribution in [0.3, 0.4) is 0 Å². The van der Waals surface area contributed by atoms with Crippen LogP contribution in [0.4, 0.5) is 0 Å². The molecule has 0 aromatic rings. The van der Waals surface area contributed by atoms with Gasteiger partial charge in [0.2, 0.25) is 0 Å². The summed E-state index contributed by atoms with van der Waals surface area (Å²) < 4.78 is 0. The van der Waals surface area contributed by atoms with E-state index in [4.69, 9.17) is 0 Å². The summed E-state index contributed by atoms with van der Waals surface area (Å²) in [6.07, 6.45) is 8.19. The van der Waals surface area contributed by atoms with Crippen LogP contribution in [0.2, 0.25) is 0 Å². The summed E-state index contributed by atoms with van der Waals surface area (Å²) in [5.41, 5.74) is 1.39. The zero-order valence-corrected chi connectivity index (χ0v) is 11.5. The van der Waals surface area contributed by atoms with E-state index in [2.05, 4.69) is 58.2 Å². The summed E-state index contributed by atoms with van der Waals surface area (Å²) in [4.78, 5) is 2.50. The SMILES string of the molecule is C=C/C=C\C(=C/C)C(C)CN(CC)C(C)C. The Morgan fingerprint density at radius 1 is 1.31 bits per heavy atom. The number of hydrogen-bond acceptors (Lipinski definition) is 1. The largest absolute Gasteiger partial charge is 0.301 e. The molecule has 0 spiro atoms. The standard InChI is InChI=1S/C15H27N/c1-7-10-11-15(8-2)14(6)12-16(9-3)13(4)5/h7-8,10-11,13-14H,1,9,12H2,2-6H3/b11-10-,15-8+. The predicted octanol–water partition coefficient (Wildman–Crippen LogP) is 4.04. The lowest BCUT2D eigenvalue weighted by molar-refractivity contribution is 0.214. The Hall–Kier alpha value is -0.820. The molecule has 0 heterocycles. The van der Waals surface area contributed by atoms with E-state index < -0.39 is 0 Å². The lowest BCUT2D eigenvalue weighted by Crippen LogP contribution is -2.34. The third-order valence-electron chi connectivity index (χ3n) is 2.97. The van der Waals surface area contributed by atoms with Crippen LogP contribution in [0.15, 0.2) is 36.5 Å². The average Bonchev–Trinajstić information content (AvgIpc) is 2.26. The van der Waals surface area contributed by atoms with Gasteiger partial charge in [-0.1, -0.05) is 44.7 Å². The third kappa shape index (κ3) is 5.32. The predicted molar refractivity (Wildman–Crippen MR) is 74.6 cm³/mol. The highest BCUT2D eigenvalue weighted by molar-refractivity contribution is 5.23. The fourth-order valence-corrected chi connectivity index (χ4v) is 1.89. The van der Waals surface area contributed by atoms with Crippen LogP contribution >= 0.6 is 0 Å². The molecule has 1 unspecified atom stereocenters. The van der Waals surface area contributed by atoms with Gasteiger partial charge >= 0.3 is 0 Å². The fourth-order valence-electron chi connectivity index (χ4n) is 1.89. The molecular formula is C15H27N. The molecule has 0 aromatic carbocycles. The minimum atomic E-state index is 0.573. The second-order valence-electron chi connectivity index (χ2n) is 4.47. The molecule has 0 amide bonds. The van der Waals surface area contributed by atoms with E-state index in [9.17, 15) is 0 Å². The average molecular weight is 221 g/mol. The molecular weight excluding hydrogens is 194 g/mol. The van der Waals surface area contributed by atoms with Crippen molar-refractivity contribution in [2.75, 3.05) is 13.1 Å².